The fourth-order valence-electron chi connectivity index (χ4n) is 5.93. The zero-order valence-corrected chi connectivity index (χ0v) is 23.8. The molecule has 0 saturated heterocycles. The average molecular weight is 593 g/mol. The number of methoxy groups -OCH3 is 1. The molecule has 224 valence electrons. The van der Waals surface area contributed by atoms with Crippen LogP contribution >= 0.6 is 0 Å². The Balaban J connectivity index is 1.33. The minimum atomic E-state index is -4.67. The molecule has 4 aromatic rings. The van der Waals surface area contributed by atoms with Crippen molar-refractivity contribution in [1.29, 1.82) is 0 Å². The van der Waals surface area contributed by atoms with Crippen LogP contribution < -0.4 is 9.47 Å². The summed E-state index contributed by atoms with van der Waals surface area (Å²) in [5.74, 6) is -1.45. The van der Waals surface area contributed by atoms with Crippen molar-refractivity contribution in [3.63, 3.8) is 0 Å². The highest BCUT2D eigenvalue weighted by Crippen LogP contribution is 2.42. The zero-order valence-electron chi connectivity index (χ0n) is 23.8. The second-order valence-corrected chi connectivity index (χ2v) is 10.9. The van der Waals surface area contributed by atoms with Gasteiger partial charge in [-0.05, 0) is 72.7 Å². The van der Waals surface area contributed by atoms with Gasteiger partial charge in [-0.2, -0.15) is 23.0 Å². The zero-order chi connectivity index (χ0) is 30.3. The molecular formula is C32H31F3N4O4. The second kappa shape index (κ2) is 11.4. The van der Waals surface area contributed by atoms with Gasteiger partial charge in [-0.25, -0.2) is 9.78 Å². The fourth-order valence-corrected chi connectivity index (χ4v) is 5.93. The van der Waals surface area contributed by atoms with Crippen LogP contribution in [0.2, 0.25) is 0 Å². The number of fused-ring (bicyclic) bond motifs is 1. The summed E-state index contributed by atoms with van der Waals surface area (Å²) in [5.41, 5.74) is 3.68. The van der Waals surface area contributed by atoms with Gasteiger partial charge in [-0.1, -0.05) is 30.7 Å². The first kappa shape index (κ1) is 28.7. The molecule has 0 radical (unpaired) electrons. The first-order valence-corrected chi connectivity index (χ1v) is 14.2. The van der Waals surface area contributed by atoms with Gasteiger partial charge < -0.3 is 14.6 Å². The first-order chi connectivity index (χ1) is 20.7. The van der Waals surface area contributed by atoms with Crippen LogP contribution in [0.1, 0.15) is 57.4 Å². The second-order valence-electron chi connectivity index (χ2n) is 10.9. The number of carboxylic acid groups (broad SMARTS) is 1. The summed E-state index contributed by atoms with van der Waals surface area (Å²) in [4.78, 5) is 18.6. The molecule has 1 N–H and O–H groups in total. The van der Waals surface area contributed by atoms with Crippen molar-refractivity contribution in [2.45, 2.75) is 58.0 Å². The Kier molecular flexibility index (Phi) is 7.59. The summed E-state index contributed by atoms with van der Waals surface area (Å²) in [6, 6.07) is 13.3. The minimum Gasteiger partial charge on any atom is -0.488 e. The summed E-state index contributed by atoms with van der Waals surface area (Å²) < 4.78 is 55.2. The summed E-state index contributed by atoms with van der Waals surface area (Å²) in [6.45, 7) is 3.86. The molecule has 3 heterocycles. The van der Waals surface area contributed by atoms with E-state index in [0.29, 0.717) is 6.04 Å². The molecule has 43 heavy (non-hydrogen) atoms. The molecule has 1 fully saturated rings. The van der Waals surface area contributed by atoms with E-state index in [1.54, 1.807) is 18.2 Å². The van der Waals surface area contributed by atoms with Crippen molar-refractivity contribution < 1.29 is 32.5 Å². The number of rotatable bonds is 8. The normalized spacial score (nSPS) is 15.6. The van der Waals surface area contributed by atoms with Crippen LogP contribution in [0.4, 0.5) is 13.2 Å². The lowest BCUT2D eigenvalue weighted by molar-refractivity contribution is -0.139. The van der Waals surface area contributed by atoms with E-state index < -0.39 is 17.7 Å². The molecule has 1 aliphatic heterocycles. The van der Waals surface area contributed by atoms with Crippen LogP contribution in [0.25, 0.3) is 17.1 Å². The lowest BCUT2D eigenvalue weighted by atomic mass is 9.87. The number of carbonyl (C=O) groups is 1. The Morgan fingerprint density at radius 2 is 1.91 bits per heavy atom. The molecule has 0 spiro atoms. The van der Waals surface area contributed by atoms with Gasteiger partial charge in [0.1, 0.15) is 17.9 Å². The van der Waals surface area contributed by atoms with Gasteiger partial charge in [0, 0.05) is 24.7 Å². The van der Waals surface area contributed by atoms with Crippen LogP contribution in [0.5, 0.6) is 11.6 Å². The molecule has 0 atom stereocenters. The number of ether oxygens (including phenoxy) is 2. The van der Waals surface area contributed by atoms with Crippen molar-refractivity contribution >= 4 is 5.97 Å². The summed E-state index contributed by atoms with van der Waals surface area (Å²) in [7, 11) is 1.30. The molecule has 6 rings (SSSR count). The molecule has 2 aliphatic rings. The number of hydrogen-bond donors (Lipinski definition) is 1. The molecule has 11 heteroatoms. The monoisotopic (exact) mass is 592 g/mol. The highest BCUT2D eigenvalue weighted by Gasteiger charge is 2.36. The molecule has 0 amide bonds. The Hall–Kier alpha value is -4.38. The molecule has 0 unspecified atom stereocenters. The van der Waals surface area contributed by atoms with E-state index in [1.165, 1.54) is 54.3 Å². The number of aromatic nitrogens is 3. The molecule has 2 aromatic carbocycles. The minimum absolute atomic E-state index is 0.0415. The van der Waals surface area contributed by atoms with E-state index in [1.807, 2.05) is 13.0 Å². The molecule has 8 nitrogen and oxygen atoms in total. The highest BCUT2D eigenvalue weighted by molar-refractivity contribution is 5.90. The van der Waals surface area contributed by atoms with Gasteiger partial charge in [-0.15, -0.1) is 0 Å². The Labute approximate surface area is 246 Å². The largest absolute Gasteiger partial charge is 0.488 e. The van der Waals surface area contributed by atoms with Crippen LogP contribution in [-0.2, 0) is 25.7 Å². The Morgan fingerprint density at radius 1 is 1.12 bits per heavy atom. The smallest absolute Gasteiger partial charge is 0.419 e. The number of benzene rings is 2. The molecule has 0 bridgehead atoms. The third-order valence-electron chi connectivity index (χ3n) is 8.49. The fraction of sp³-hybridized carbons (Fsp3) is 0.344. The van der Waals surface area contributed by atoms with Crippen molar-refractivity contribution in [2.75, 3.05) is 13.7 Å². The number of carboxylic acids is 1. The van der Waals surface area contributed by atoms with Crippen LogP contribution in [0.15, 0.2) is 54.7 Å². The Bertz CT molecular complexity index is 1680. The molecule has 2 aromatic heterocycles. The number of aromatic carboxylic acids is 1. The number of alkyl halides is 3. The van der Waals surface area contributed by atoms with Gasteiger partial charge in [-0.3, -0.25) is 4.90 Å². The van der Waals surface area contributed by atoms with Crippen molar-refractivity contribution in [1.82, 2.24) is 19.7 Å². The molecular weight excluding hydrogens is 561 g/mol. The third-order valence-corrected chi connectivity index (χ3v) is 8.49. The number of para-hydroxylation sites is 1. The summed E-state index contributed by atoms with van der Waals surface area (Å²) in [6.07, 6.45) is 1.15. The number of nitrogens with zero attached hydrogens (tertiary/aromatic N) is 4. The number of hydrogen-bond acceptors (Lipinski definition) is 6. The van der Waals surface area contributed by atoms with E-state index in [0.717, 1.165) is 42.9 Å². The summed E-state index contributed by atoms with van der Waals surface area (Å²) in [5, 5.41) is 13.5. The van der Waals surface area contributed by atoms with Gasteiger partial charge in [0.2, 0.25) is 5.88 Å². The van der Waals surface area contributed by atoms with Gasteiger partial charge >= 0.3 is 12.1 Å². The lowest BCUT2D eigenvalue weighted by Gasteiger charge is -2.41. The van der Waals surface area contributed by atoms with E-state index in [2.05, 4.69) is 21.0 Å². The van der Waals surface area contributed by atoms with Gasteiger partial charge in [0.15, 0.2) is 5.82 Å². The maximum absolute atomic E-state index is 14.2. The van der Waals surface area contributed by atoms with E-state index in [4.69, 9.17) is 9.47 Å². The van der Waals surface area contributed by atoms with Crippen molar-refractivity contribution in [3.8, 4) is 28.7 Å². The van der Waals surface area contributed by atoms with Crippen molar-refractivity contribution in [2.24, 2.45) is 0 Å². The van der Waals surface area contributed by atoms with E-state index in [9.17, 15) is 23.1 Å². The predicted molar refractivity (Wildman–Crippen MR) is 153 cm³/mol. The number of halogens is 3. The molecule has 1 saturated carbocycles. The first-order valence-electron chi connectivity index (χ1n) is 14.2. The van der Waals surface area contributed by atoms with E-state index >= 15 is 0 Å². The maximum Gasteiger partial charge on any atom is 0.419 e. The SMILES string of the molecule is COc1c(C(=O)O)cnn1-c1cccc(-c2cccc(C(F)(F)F)c2OCc2ccc3c(c2C)CCN(C2CCC2)C3)n1. The Morgan fingerprint density at radius 3 is 2.60 bits per heavy atom. The maximum atomic E-state index is 14.2. The topological polar surface area (TPSA) is 89.7 Å². The average Bonchev–Trinajstić information content (AvgIpc) is 3.40. The van der Waals surface area contributed by atoms with Gasteiger partial charge in [0.25, 0.3) is 0 Å². The molecule has 1 aliphatic carbocycles. The summed E-state index contributed by atoms with van der Waals surface area (Å²) >= 11 is 0. The highest BCUT2D eigenvalue weighted by atomic mass is 19.4. The van der Waals surface area contributed by atoms with Crippen LogP contribution in [0.3, 0.4) is 0 Å². The lowest BCUT2D eigenvalue weighted by Crippen LogP contribution is -2.43. The van der Waals surface area contributed by atoms with Gasteiger partial charge in [0.05, 0.1) is 24.6 Å². The predicted octanol–water partition coefficient (Wildman–Crippen LogP) is 6.46. The third kappa shape index (κ3) is 5.45. The standard InChI is InChI=1S/C32H31F3N4O4/c1-19-21(13-12-20-17-38(15-14-23(19)20)22-6-3-7-22)18-43-29-24(8-4-9-26(29)32(33,34)35)27-10-5-11-28(37-27)39-30(42-2)25(16-36-39)31(40)41/h4-5,8-13,16,22H,3,6-7,14-15,17-18H2,1-2H3,(H,40,41). The van der Waals surface area contributed by atoms with Crippen molar-refractivity contribution in [3.05, 3.63) is 88.1 Å². The number of pyridine rings is 1. The van der Waals surface area contributed by atoms with Crippen LogP contribution in [-0.4, -0.2) is 50.4 Å². The van der Waals surface area contributed by atoms with E-state index in [-0.39, 0.29) is 40.9 Å². The quantitative estimate of drug-likeness (QED) is 0.251. The van der Waals surface area contributed by atoms with Crippen LogP contribution in [0, 0.1) is 6.92 Å².